The number of carbonyl (C=O) groups is 2. The molecular formula is C18H23ClN4O5S. The van der Waals surface area contributed by atoms with E-state index in [1.807, 2.05) is 0 Å². The number of nitrogens with zero attached hydrogens (tertiary/aromatic N) is 2. The molecule has 9 nitrogen and oxygen atoms in total. The SMILES string of the molecule is CCN(CC)C(=O)Nc1c(S(C)(=O)=O)ccc(C(=O)c2c[nH]n(CC)c2=O)c1Cl. The minimum absolute atomic E-state index is 0.0896. The molecule has 0 fully saturated rings. The summed E-state index contributed by atoms with van der Waals surface area (Å²) in [6.07, 6.45) is 2.24. The van der Waals surface area contributed by atoms with Gasteiger partial charge in [-0.2, -0.15) is 0 Å². The molecule has 29 heavy (non-hydrogen) atoms. The highest BCUT2D eigenvalue weighted by molar-refractivity contribution is 7.90. The standard InChI is InChI=1S/C18H23ClN4O5S/c1-5-22(6-2)18(26)21-15-13(29(4,27)28)9-8-11(14(15)19)16(24)12-10-20-23(7-3)17(12)25/h8-10,20H,5-7H2,1-4H3,(H,21,26). The van der Waals surface area contributed by atoms with Gasteiger partial charge in [0, 0.05) is 37.7 Å². The van der Waals surface area contributed by atoms with E-state index in [1.54, 1.807) is 20.8 Å². The summed E-state index contributed by atoms with van der Waals surface area (Å²) < 4.78 is 25.6. The van der Waals surface area contributed by atoms with Crippen molar-refractivity contribution < 1.29 is 18.0 Å². The lowest BCUT2D eigenvalue weighted by Gasteiger charge is -2.21. The normalized spacial score (nSPS) is 11.3. The first kappa shape index (κ1) is 22.7. The maximum absolute atomic E-state index is 12.9. The van der Waals surface area contributed by atoms with Gasteiger partial charge in [0.1, 0.15) is 5.56 Å². The van der Waals surface area contributed by atoms with Crippen molar-refractivity contribution in [3.05, 3.63) is 44.8 Å². The van der Waals surface area contributed by atoms with Crippen molar-refractivity contribution in [3.63, 3.8) is 0 Å². The molecule has 1 aromatic heterocycles. The van der Waals surface area contributed by atoms with Crippen LogP contribution in [0.5, 0.6) is 0 Å². The van der Waals surface area contributed by atoms with Crippen molar-refractivity contribution in [2.24, 2.45) is 0 Å². The number of anilines is 1. The fraction of sp³-hybridized carbons (Fsp3) is 0.389. The molecule has 0 unspecified atom stereocenters. The van der Waals surface area contributed by atoms with Crippen LogP contribution >= 0.6 is 11.6 Å². The highest BCUT2D eigenvalue weighted by atomic mass is 35.5. The lowest BCUT2D eigenvalue weighted by molar-refractivity contribution is 0.103. The largest absolute Gasteiger partial charge is 0.325 e. The fourth-order valence-corrected chi connectivity index (χ4v) is 4.00. The number of rotatable bonds is 7. The molecular weight excluding hydrogens is 420 g/mol. The van der Waals surface area contributed by atoms with E-state index in [4.69, 9.17) is 11.6 Å². The number of amides is 2. The Bertz CT molecular complexity index is 1100. The van der Waals surface area contributed by atoms with E-state index in [-0.39, 0.29) is 26.7 Å². The number of carbonyl (C=O) groups excluding carboxylic acids is 2. The number of halogens is 1. The molecule has 11 heteroatoms. The molecule has 2 amide bonds. The van der Waals surface area contributed by atoms with Crippen molar-refractivity contribution in [2.75, 3.05) is 24.7 Å². The second-order valence-corrected chi connectivity index (χ2v) is 8.60. The molecule has 0 aliphatic carbocycles. The number of urea groups is 1. The maximum Gasteiger partial charge on any atom is 0.321 e. The van der Waals surface area contributed by atoms with Gasteiger partial charge in [0.2, 0.25) is 5.78 Å². The topological polar surface area (TPSA) is 121 Å². The molecule has 2 rings (SSSR count). The third-order valence-electron chi connectivity index (χ3n) is 4.43. The van der Waals surface area contributed by atoms with E-state index in [1.165, 1.54) is 27.9 Å². The molecule has 2 aromatic rings. The second-order valence-electron chi connectivity index (χ2n) is 6.24. The number of aromatic nitrogens is 2. The first-order valence-electron chi connectivity index (χ1n) is 8.98. The summed E-state index contributed by atoms with van der Waals surface area (Å²) in [5, 5.41) is 4.92. The summed E-state index contributed by atoms with van der Waals surface area (Å²) in [7, 11) is -3.76. The average Bonchev–Trinajstić information content (AvgIpc) is 3.03. The van der Waals surface area contributed by atoms with E-state index in [0.29, 0.717) is 19.6 Å². The number of hydrogen-bond donors (Lipinski definition) is 2. The molecule has 0 spiro atoms. The van der Waals surface area contributed by atoms with Gasteiger partial charge in [-0.1, -0.05) is 11.6 Å². The van der Waals surface area contributed by atoms with Crippen LogP contribution < -0.4 is 10.9 Å². The average molecular weight is 443 g/mol. The van der Waals surface area contributed by atoms with E-state index in [9.17, 15) is 22.8 Å². The van der Waals surface area contributed by atoms with Gasteiger partial charge in [0.25, 0.3) is 5.56 Å². The summed E-state index contributed by atoms with van der Waals surface area (Å²) in [5.74, 6) is -0.679. The van der Waals surface area contributed by atoms with E-state index < -0.39 is 27.2 Å². The Morgan fingerprint density at radius 3 is 2.28 bits per heavy atom. The van der Waals surface area contributed by atoms with E-state index in [2.05, 4.69) is 10.4 Å². The number of hydrogen-bond acceptors (Lipinski definition) is 5. The third kappa shape index (κ3) is 4.54. The number of aryl methyl sites for hydroxylation is 1. The minimum atomic E-state index is -3.76. The van der Waals surface area contributed by atoms with Crippen LogP contribution in [0.15, 0.2) is 28.0 Å². The molecule has 0 aliphatic heterocycles. The molecule has 158 valence electrons. The highest BCUT2D eigenvalue weighted by Crippen LogP contribution is 2.34. The first-order valence-corrected chi connectivity index (χ1v) is 11.2. The van der Waals surface area contributed by atoms with Gasteiger partial charge in [0.15, 0.2) is 9.84 Å². The van der Waals surface area contributed by atoms with E-state index >= 15 is 0 Å². The van der Waals surface area contributed by atoms with Gasteiger partial charge in [-0.25, -0.2) is 13.2 Å². The van der Waals surface area contributed by atoms with Crippen LogP contribution in [0.1, 0.15) is 36.7 Å². The third-order valence-corrected chi connectivity index (χ3v) is 5.96. The number of nitrogens with one attached hydrogen (secondary N) is 2. The molecule has 1 aromatic carbocycles. The van der Waals surface area contributed by atoms with Crippen molar-refractivity contribution in [1.29, 1.82) is 0 Å². The van der Waals surface area contributed by atoms with E-state index in [0.717, 1.165) is 6.26 Å². The Kier molecular flexibility index (Phi) is 6.91. The Hall–Kier alpha value is -2.59. The molecule has 0 aliphatic rings. The first-order chi connectivity index (χ1) is 13.6. The zero-order valence-electron chi connectivity index (χ0n) is 16.6. The lowest BCUT2D eigenvalue weighted by atomic mass is 10.1. The number of ketones is 1. The van der Waals surface area contributed by atoms with Gasteiger partial charge >= 0.3 is 6.03 Å². The van der Waals surface area contributed by atoms with Gasteiger partial charge in [-0.3, -0.25) is 14.3 Å². The summed E-state index contributed by atoms with van der Waals surface area (Å²) in [6.45, 7) is 6.41. The summed E-state index contributed by atoms with van der Waals surface area (Å²) in [6, 6.07) is 1.87. The van der Waals surface area contributed by atoms with Crippen LogP contribution in [0.25, 0.3) is 0 Å². The minimum Gasteiger partial charge on any atom is -0.325 e. The van der Waals surface area contributed by atoms with Crippen LogP contribution in [0.4, 0.5) is 10.5 Å². The Balaban J connectivity index is 2.62. The summed E-state index contributed by atoms with van der Waals surface area (Å²) in [4.78, 5) is 38.8. The molecule has 0 saturated heterocycles. The molecule has 0 atom stereocenters. The van der Waals surface area contributed by atoms with Gasteiger partial charge < -0.3 is 15.3 Å². The summed E-state index contributed by atoms with van der Waals surface area (Å²) >= 11 is 6.36. The number of H-pyrrole nitrogens is 1. The zero-order valence-corrected chi connectivity index (χ0v) is 18.1. The van der Waals surface area contributed by atoms with Crippen LogP contribution in [-0.4, -0.2) is 54.3 Å². The predicted molar refractivity (Wildman–Crippen MR) is 111 cm³/mol. The van der Waals surface area contributed by atoms with Gasteiger partial charge in [0.05, 0.1) is 15.6 Å². The molecule has 1 heterocycles. The summed E-state index contributed by atoms with van der Waals surface area (Å²) in [5.41, 5.74) is -0.937. The number of aromatic amines is 1. The van der Waals surface area contributed by atoms with Crippen molar-refractivity contribution in [2.45, 2.75) is 32.2 Å². The molecule has 2 N–H and O–H groups in total. The monoisotopic (exact) mass is 442 g/mol. The predicted octanol–water partition coefficient (Wildman–Crippen LogP) is 2.36. The van der Waals surface area contributed by atoms with Crippen LogP contribution in [0, 0.1) is 0 Å². The molecule has 0 saturated carbocycles. The van der Waals surface area contributed by atoms with Crippen molar-refractivity contribution in [1.82, 2.24) is 14.7 Å². The number of benzene rings is 1. The Morgan fingerprint density at radius 2 is 1.79 bits per heavy atom. The second kappa shape index (κ2) is 8.83. The van der Waals surface area contributed by atoms with Crippen molar-refractivity contribution >= 4 is 38.9 Å². The Morgan fingerprint density at radius 1 is 1.17 bits per heavy atom. The quantitative estimate of drug-likeness (QED) is 0.637. The van der Waals surface area contributed by atoms with Gasteiger partial charge in [-0.05, 0) is 32.9 Å². The van der Waals surface area contributed by atoms with Gasteiger partial charge in [-0.15, -0.1) is 0 Å². The van der Waals surface area contributed by atoms with Crippen LogP contribution in [0.2, 0.25) is 5.02 Å². The van der Waals surface area contributed by atoms with Crippen LogP contribution in [-0.2, 0) is 16.4 Å². The fourth-order valence-electron chi connectivity index (χ4n) is 2.81. The zero-order chi connectivity index (χ0) is 21.9. The lowest BCUT2D eigenvalue weighted by Crippen LogP contribution is -2.35. The highest BCUT2D eigenvalue weighted by Gasteiger charge is 2.26. The molecule has 0 radical (unpaired) electrons. The van der Waals surface area contributed by atoms with Crippen LogP contribution in [0.3, 0.4) is 0 Å². The smallest absolute Gasteiger partial charge is 0.321 e. The Labute approximate surface area is 173 Å². The maximum atomic E-state index is 12.9. The van der Waals surface area contributed by atoms with Crippen molar-refractivity contribution in [3.8, 4) is 0 Å². The molecule has 0 bridgehead atoms. The number of sulfone groups is 1.